The second kappa shape index (κ2) is 6.35. The fraction of sp³-hybridized carbons (Fsp3) is 0.250. The minimum Gasteiger partial charge on any atom is -0.494 e. The number of hydrogen-bond acceptors (Lipinski definition) is 1. The maximum atomic E-state index is 13.3. The Morgan fingerprint density at radius 3 is 2.35 bits per heavy atom. The van der Waals surface area contributed by atoms with Gasteiger partial charge in [0, 0.05) is 11.6 Å². The molecule has 20 heavy (non-hydrogen) atoms. The van der Waals surface area contributed by atoms with Gasteiger partial charge >= 0.3 is 0 Å². The van der Waals surface area contributed by atoms with Crippen LogP contribution in [0, 0.1) is 18.6 Å². The van der Waals surface area contributed by atoms with Crippen molar-refractivity contribution in [3.63, 3.8) is 0 Å². The molecule has 0 aliphatic heterocycles. The number of hydrogen-bond donors (Lipinski definition) is 0. The third-order valence-electron chi connectivity index (χ3n) is 2.92. The number of benzene rings is 2. The molecule has 1 unspecified atom stereocenters. The highest BCUT2D eigenvalue weighted by Crippen LogP contribution is 2.37. The summed E-state index contributed by atoms with van der Waals surface area (Å²) >= 11 is 3.50. The Bertz CT molecular complexity index is 593. The van der Waals surface area contributed by atoms with E-state index in [-0.39, 0.29) is 4.83 Å². The van der Waals surface area contributed by atoms with E-state index < -0.39 is 11.6 Å². The van der Waals surface area contributed by atoms with Crippen molar-refractivity contribution in [2.24, 2.45) is 0 Å². The summed E-state index contributed by atoms with van der Waals surface area (Å²) in [5.74, 6) is -0.463. The van der Waals surface area contributed by atoms with Gasteiger partial charge < -0.3 is 4.74 Å². The fourth-order valence-corrected chi connectivity index (χ4v) is 2.68. The van der Waals surface area contributed by atoms with Crippen LogP contribution in [0.1, 0.15) is 28.4 Å². The fourth-order valence-electron chi connectivity index (χ4n) is 2.05. The Labute approximate surface area is 125 Å². The third kappa shape index (κ3) is 3.37. The van der Waals surface area contributed by atoms with Gasteiger partial charge in [-0.15, -0.1) is 0 Å². The van der Waals surface area contributed by atoms with Crippen LogP contribution in [0.25, 0.3) is 0 Å². The molecule has 0 heterocycles. The summed E-state index contributed by atoms with van der Waals surface area (Å²) in [6, 6.07) is 9.27. The summed E-state index contributed by atoms with van der Waals surface area (Å²) in [5, 5.41) is 0. The van der Waals surface area contributed by atoms with E-state index in [1.807, 2.05) is 32.0 Å². The van der Waals surface area contributed by atoms with Crippen molar-refractivity contribution >= 4 is 15.9 Å². The number of alkyl halides is 1. The molecule has 0 fully saturated rings. The lowest BCUT2D eigenvalue weighted by molar-refractivity contribution is 0.337. The predicted molar refractivity (Wildman–Crippen MR) is 79.5 cm³/mol. The molecule has 0 bridgehead atoms. The lowest BCUT2D eigenvalue weighted by Crippen LogP contribution is -2.01. The monoisotopic (exact) mass is 340 g/mol. The van der Waals surface area contributed by atoms with E-state index in [1.54, 1.807) is 0 Å². The summed E-state index contributed by atoms with van der Waals surface area (Å²) in [7, 11) is 0. The van der Waals surface area contributed by atoms with Gasteiger partial charge in [-0.2, -0.15) is 0 Å². The van der Waals surface area contributed by atoms with Crippen LogP contribution < -0.4 is 4.74 Å². The molecule has 4 heteroatoms. The van der Waals surface area contributed by atoms with Crippen LogP contribution in [0.3, 0.4) is 0 Å². The van der Waals surface area contributed by atoms with E-state index in [4.69, 9.17) is 4.74 Å². The van der Waals surface area contributed by atoms with Crippen molar-refractivity contribution in [1.82, 2.24) is 0 Å². The number of halogens is 3. The van der Waals surface area contributed by atoms with Crippen molar-refractivity contribution in [3.05, 3.63) is 64.7 Å². The Hall–Kier alpha value is -1.42. The van der Waals surface area contributed by atoms with Gasteiger partial charge in [-0.05, 0) is 37.6 Å². The van der Waals surface area contributed by atoms with Crippen molar-refractivity contribution in [1.29, 1.82) is 0 Å². The first kappa shape index (κ1) is 15.0. The van der Waals surface area contributed by atoms with Crippen molar-refractivity contribution in [3.8, 4) is 5.75 Å². The average molecular weight is 341 g/mol. The van der Waals surface area contributed by atoms with Crippen molar-refractivity contribution in [2.45, 2.75) is 18.7 Å². The zero-order valence-corrected chi connectivity index (χ0v) is 12.9. The highest BCUT2D eigenvalue weighted by molar-refractivity contribution is 9.09. The van der Waals surface area contributed by atoms with Crippen LogP contribution in [-0.2, 0) is 0 Å². The van der Waals surface area contributed by atoms with E-state index in [1.165, 1.54) is 12.1 Å². The molecule has 0 radical (unpaired) electrons. The summed E-state index contributed by atoms with van der Waals surface area (Å²) in [6.45, 7) is 4.40. The topological polar surface area (TPSA) is 9.23 Å². The quantitative estimate of drug-likeness (QED) is 0.699. The highest BCUT2D eigenvalue weighted by Gasteiger charge is 2.17. The van der Waals surface area contributed by atoms with E-state index in [9.17, 15) is 8.78 Å². The molecule has 0 saturated carbocycles. The van der Waals surface area contributed by atoms with E-state index in [2.05, 4.69) is 15.9 Å². The summed E-state index contributed by atoms with van der Waals surface area (Å²) in [4.78, 5) is -0.325. The number of ether oxygens (including phenoxy) is 1. The molecule has 0 aliphatic rings. The maximum absolute atomic E-state index is 13.3. The third-order valence-corrected chi connectivity index (χ3v) is 3.94. The van der Waals surface area contributed by atoms with Gasteiger partial charge in [0.05, 0.1) is 11.4 Å². The molecule has 1 atom stereocenters. The summed E-state index contributed by atoms with van der Waals surface area (Å²) in [5.41, 5.74) is 2.44. The molecule has 0 amide bonds. The summed E-state index contributed by atoms with van der Waals surface area (Å²) < 4.78 is 32.3. The molecule has 1 nitrogen and oxygen atoms in total. The first-order valence-corrected chi connectivity index (χ1v) is 7.26. The highest BCUT2D eigenvalue weighted by atomic mass is 79.9. The molecule has 106 valence electrons. The van der Waals surface area contributed by atoms with Gasteiger partial charge in [0.25, 0.3) is 0 Å². The Kier molecular flexibility index (Phi) is 4.76. The zero-order valence-electron chi connectivity index (χ0n) is 11.3. The average Bonchev–Trinajstić information content (AvgIpc) is 2.39. The molecule has 0 aromatic heterocycles. The van der Waals surface area contributed by atoms with Gasteiger partial charge in [-0.1, -0.05) is 33.6 Å². The minimum absolute atomic E-state index is 0.325. The molecule has 2 aromatic carbocycles. The van der Waals surface area contributed by atoms with Crippen LogP contribution >= 0.6 is 15.9 Å². The first-order chi connectivity index (χ1) is 9.51. The second-order valence-corrected chi connectivity index (χ2v) is 5.46. The van der Waals surface area contributed by atoms with E-state index >= 15 is 0 Å². The van der Waals surface area contributed by atoms with Crippen LogP contribution in [0.4, 0.5) is 8.78 Å². The van der Waals surface area contributed by atoms with Crippen LogP contribution in [0.5, 0.6) is 5.75 Å². The largest absolute Gasteiger partial charge is 0.494 e. The molecule has 0 aliphatic carbocycles. The molecule has 2 aromatic rings. The zero-order chi connectivity index (χ0) is 14.7. The molecule has 2 rings (SSSR count). The van der Waals surface area contributed by atoms with E-state index in [0.29, 0.717) is 17.9 Å². The van der Waals surface area contributed by atoms with Gasteiger partial charge in [-0.3, -0.25) is 0 Å². The lowest BCUT2D eigenvalue weighted by Gasteiger charge is -2.16. The van der Waals surface area contributed by atoms with Gasteiger partial charge in [0.1, 0.15) is 17.4 Å². The Morgan fingerprint density at radius 1 is 1.10 bits per heavy atom. The summed E-state index contributed by atoms with van der Waals surface area (Å²) in [6.07, 6.45) is 0. The first-order valence-electron chi connectivity index (χ1n) is 6.34. The normalized spacial score (nSPS) is 12.2. The predicted octanol–water partition coefficient (Wildman–Crippen LogP) is 5.16. The standard InChI is InChI=1S/C16H15BrF2O/c1-3-20-15-5-4-10(2)6-14(15)16(17)11-7-12(18)9-13(19)8-11/h4-9,16H,3H2,1-2H3. The van der Waals surface area contributed by atoms with Crippen molar-refractivity contribution < 1.29 is 13.5 Å². The van der Waals surface area contributed by atoms with Gasteiger partial charge in [-0.25, -0.2) is 8.78 Å². The van der Waals surface area contributed by atoms with Gasteiger partial charge in [0.2, 0.25) is 0 Å². The molecular formula is C16H15BrF2O. The van der Waals surface area contributed by atoms with Gasteiger partial charge in [0.15, 0.2) is 0 Å². The lowest BCUT2D eigenvalue weighted by atomic mass is 10.0. The van der Waals surface area contributed by atoms with Crippen LogP contribution in [-0.4, -0.2) is 6.61 Å². The smallest absolute Gasteiger partial charge is 0.126 e. The Morgan fingerprint density at radius 2 is 1.75 bits per heavy atom. The number of aryl methyl sites for hydroxylation is 1. The molecular weight excluding hydrogens is 326 g/mol. The maximum Gasteiger partial charge on any atom is 0.126 e. The second-order valence-electron chi connectivity index (χ2n) is 4.54. The number of rotatable bonds is 4. The van der Waals surface area contributed by atoms with Crippen molar-refractivity contribution in [2.75, 3.05) is 6.61 Å². The van der Waals surface area contributed by atoms with Crippen LogP contribution in [0.2, 0.25) is 0 Å². The van der Waals surface area contributed by atoms with Crippen LogP contribution in [0.15, 0.2) is 36.4 Å². The Balaban J connectivity index is 2.46. The minimum atomic E-state index is -0.588. The van der Waals surface area contributed by atoms with E-state index in [0.717, 1.165) is 17.2 Å². The molecule has 0 N–H and O–H groups in total. The molecule has 0 saturated heterocycles. The SMILES string of the molecule is CCOc1ccc(C)cc1C(Br)c1cc(F)cc(F)c1. The molecule has 0 spiro atoms.